The number of aromatic nitrogens is 2. The number of nitrogens with zero attached hydrogens (tertiary/aromatic N) is 3. The first kappa shape index (κ1) is 17.9. The van der Waals surface area contributed by atoms with Crippen LogP contribution in [0.1, 0.15) is 22.2 Å². The Labute approximate surface area is 145 Å². The average molecular weight is 351 g/mol. The summed E-state index contributed by atoms with van der Waals surface area (Å²) in [5.41, 5.74) is 2.17. The normalized spacial score (nSPS) is 12.4. The fourth-order valence-electron chi connectivity index (χ4n) is 2.27. The van der Waals surface area contributed by atoms with Gasteiger partial charge in [0.2, 0.25) is 5.91 Å². The van der Waals surface area contributed by atoms with E-state index < -0.39 is 0 Å². The van der Waals surface area contributed by atoms with Gasteiger partial charge in [0, 0.05) is 12.3 Å². The molecule has 0 aliphatic heterocycles. The Balaban J connectivity index is 1.88. The Kier molecular flexibility index (Phi) is 6.56. The second kappa shape index (κ2) is 8.42. The summed E-state index contributed by atoms with van der Waals surface area (Å²) in [6.45, 7) is 4.58. The van der Waals surface area contributed by atoms with Gasteiger partial charge in [0.25, 0.3) is 0 Å². The number of hydrogen-bond donors (Lipinski definition) is 1. The van der Waals surface area contributed by atoms with Crippen molar-refractivity contribution in [2.45, 2.75) is 24.2 Å². The summed E-state index contributed by atoms with van der Waals surface area (Å²) < 4.78 is 0.944. The van der Waals surface area contributed by atoms with E-state index in [1.807, 2.05) is 51.0 Å². The molecule has 0 saturated heterocycles. The second-order valence-corrected chi connectivity index (χ2v) is 8.03. The number of benzene rings is 1. The lowest BCUT2D eigenvalue weighted by Crippen LogP contribution is -2.38. The zero-order chi connectivity index (χ0) is 16.8. The molecule has 2 aromatic rings. The first-order chi connectivity index (χ1) is 11.0. The SMILES string of the molecule is Cc1cccc([C@@H](C(=O)NCCSc2nnc(C)s2)N(C)C)c1. The van der Waals surface area contributed by atoms with Gasteiger partial charge in [-0.2, -0.15) is 0 Å². The number of aryl methyl sites for hydroxylation is 2. The highest BCUT2D eigenvalue weighted by atomic mass is 32.2. The van der Waals surface area contributed by atoms with Crippen molar-refractivity contribution in [2.75, 3.05) is 26.4 Å². The van der Waals surface area contributed by atoms with Crippen molar-refractivity contribution in [3.05, 3.63) is 40.4 Å². The van der Waals surface area contributed by atoms with Crippen molar-refractivity contribution >= 4 is 29.0 Å². The molecule has 5 nitrogen and oxygen atoms in total. The third kappa shape index (κ3) is 5.30. The van der Waals surface area contributed by atoms with Gasteiger partial charge >= 0.3 is 0 Å². The molecule has 0 aliphatic rings. The first-order valence-electron chi connectivity index (χ1n) is 7.41. The molecule has 1 aromatic carbocycles. The minimum Gasteiger partial charge on any atom is -0.354 e. The predicted molar refractivity (Wildman–Crippen MR) is 96.0 cm³/mol. The van der Waals surface area contributed by atoms with Crippen molar-refractivity contribution in [3.63, 3.8) is 0 Å². The molecule has 0 aliphatic carbocycles. The number of carbonyl (C=O) groups is 1. The molecule has 0 spiro atoms. The van der Waals surface area contributed by atoms with E-state index in [9.17, 15) is 4.79 Å². The van der Waals surface area contributed by atoms with E-state index in [1.165, 1.54) is 0 Å². The van der Waals surface area contributed by atoms with E-state index in [0.29, 0.717) is 6.54 Å². The summed E-state index contributed by atoms with van der Waals surface area (Å²) >= 11 is 3.19. The number of likely N-dealkylation sites (N-methyl/N-ethyl adjacent to an activating group) is 1. The molecule has 1 atom stereocenters. The van der Waals surface area contributed by atoms with Crippen LogP contribution in [-0.2, 0) is 4.79 Å². The smallest absolute Gasteiger partial charge is 0.241 e. The number of rotatable bonds is 7. The number of hydrogen-bond acceptors (Lipinski definition) is 6. The number of nitrogens with one attached hydrogen (secondary N) is 1. The molecule has 2 rings (SSSR count). The van der Waals surface area contributed by atoms with E-state index in [0.717, 1.165) is 26.2 Å². The lowest BCUT2D eigenvalue weighted by atomic mass is 10.0. The van der Waals surface area contributed by atoms with Crippen LogP contribution in [0, 0.1) is 13.8 Å². The van der Waals surface area contributed by atoms with Gasteiger partial charge < -0.3 is 5.32 Å². The molecule has 0 saturated carbocycles. The monoisotopic (exact) mass is 350 g/mol. The van der Waals surface area contributed by atoms with Gasteiger partial charge in [0.1, 0.15) is 11.0 Å². The Bertz CT molecular complexity index is 657. The summed E-state index contributed by atoms with van der Waals surface area (Å²) in [4.78, 5) is 14.5. The van der Waals surface area contributed by atoms with Gasteiger partial charge in [-0.05, 0) is 33.5 Å². The topological polar surface area (TPSA) is 58.1 Å². The Hall–Kier alpha value is -1.44. The van der Waals surface area contributed by atoms with Gasteiger partial charge in [0.15, 0.2) is 4.34 Å². The molecule has 1 amide bonds. The largest absolute Gasteiger partial charge is 0.354 e. The Morgan fingerprint density at radius 2 is 2.13 bits per heavy atom. The van der Waals surface area contributed by atoms with E-state index in [2.05, 4.69) is 21.6 Å². The van der Waals surface area contributed by atoms with E-state index >= 15 is 0 Å². The van der Waals surface area contributed by atoms with Crippen LogP contribution in [0.5, 0.6) is 0 Å². The fourth-order valence-corrected chi connectivity index (χ4v) is 4.01. The molecule has 0 unspecified atom stereocenters. The maximum atomic E-state index is 12.5. The highest BCUT2D eigenvalue weighted by Crippen LogP contribution is 2.22. The molecular formula is C16H22N4OS2. The molecule has 1 heterocycles. The van der Waals surface area contributed by atoms with E-state index in [4.69, 9.17) is 0 Å². The predicted octanol–water partition coefficient (Wildman–Crippen LogP) is 2.67. The number of thioether (sulfide) groups is 1. The van der Waals surface area contributed by atoms with Crippen LogP contribution in [0.25, 0.3) is 0 Å². The van der Waals surface area contributed by atoms with E-state index in [-0.39, 0.29) is 11.9 Å². The summed E-state index contributed by atoms with van der Waals surface area (Å²) in [6.07, 6.45) is 0. The van der Waals surface area contributed by atoms with Crippen LogP contribution < -0.4 is 5.32 Å². The molecule has 0 fully saturated rings. The third-order valence-corrected chi connectivity index (χ3v) is 5.23. The summed E-state index contributed by atoms with van der Waals surface area (Å²) in [6, 6.07) is 7.80. The molecule has 1 aromatic heterocycles. The van der Waals surface area contributed by atoms with Crippen LogP contribution in [0.4, 0.5) is 0 Å². The van der Waals surface area contributed by atoms with E-state index in [1.54, 1.807) is 23.1 Å². The number of carbonyl (C=O) groups excluding carboxylic acids is 1. The van der Waals surface area contributed by atoms with Gasteiger partial charge in [-0.15, -0.1) is 10.2 Å². The molecule has 0 radical (unpaired) electrons. The summed E-state index contributed by atoms with van der Waals surface area (Å²) in [7, 11) is 3.84. The maximum absolute atomic E-state index is 12.5. The maximum Gasteiger partial charge on any atom is 0.241 e. The minimum absolute atomic E-state index is 0.0228. The van der Waals surface area contributed by atoms with Crippen molar-refractivity contribution in [1.29, 1.82) is 0 Å². The first-order valence-corrected chi connectivity index (χ1v) is 9.21. The number of amides is 1. The summed E-state index contributed by atoms with van der Waals surface area (Å²) in [5, 5.41) is 12.0. The molecule has 1 N–H and O–H groups in total. The Morgan fingerprint density at radius 3 is 2.74 bits per heavy atom. The van der Waals surface area contributed by atoms with Gasteiger partial charge in [-0.1, -0.05) is 52.9 Å². The highest BCUT2D eigenvalue weighted by Gasteiger charge is 2.22. The van der Waals surface area contributed by atoms with Gasteiger partial charge in [-0.25, -0.2) is 0 Å². The quantitative estimate of drug-likeness (QED) is 0.614. The third-order valence-electron chi connectivity index (χ3n) is 3.26. The lowest BCUT2D eigenvalue weighted by molar-refractivity contribution is -0.125. The van der Waals surface area contributed by atoms with Crippen LogP contribution in [0.15, 0.2) is 28.6 Å². The fraction of sp³-hybridized carbons (Fsp3) is 0.438. The lowest BCUT2D eigenvalue weighted by Gasteiger charge is -2.24. The second-order valence-electron chi connectivity index (χ2n) is 5.51. The molecular weight excluding hydrogens is 328 g/mol. The zero-order valence-corrected chi connectivity index (χ0v) is 15.5. The molecule has 124 valence electrons. The van der Waals surface area contributed by atoms with Crippen molar-refractivity contribution in [3.8, 4) is 0 Å². The Morgan fingerprint density at radius 1 is 1.35 bits per heavy atom. The molecule has 0 bridgehead atoms. The van der Waals surface area contributed by atoms with Crippen molar-refractivity contribution in [2.24, 2.45) is 0 Å². The van der Waals surface area contributed by atoms with Gasteiger partial charge in [0.05, 0.1) is 0 Å². The summed E-state index contributed by atoms with van der Waals surface area (Å²) in [5.74, 6) is 0.809. The van der Waals surface area contributed by atoms with Crippen molar-refractivity contribution in [1.82, 2.24) is 20.4 Å². The van der Waals surface area contributed by atoms with Crippen LogP contribution in [0.3, 0.4) is 0 Å². The standard InChI is InChI=1S/C16H22N4OS2/c1-11-6-5-7-13(10-11)14(20(3)4)15(21)17-8-9-22-16-19-18-12(2)23-16/h5-7,10,14H,8-9H2,1-4H3,(H,17,21)/t14-/m0/s1. The van der Waals surface area contributed by atoms with Crippen molar-refractivity contribution < 1.29 is 4.79 Å². The minimum atomic E-state index is -0.274. The van der Waals surface area contributed by atoms with Crippen LogP contribution in [-0.4, -0.2) is 47.4 Å². The van der Waals surface area contributed by atoms with Crippen LogP contribution in [0.2, 0.25) is 0 Å². The molecule has 23 heavy (non-hydrogen) atoms. The zero-order valence-electron chi connectivity index (χ0n) is 13.9. The van der Waals surface area contributed by atoms with Crippen LogP contribution >= 0.6 is 23.1 Å². The molecule has 7 heteroatoms. The average Bonchev–Trinajstić information content (AvgIpc) is 2.89. The van der Waals surface area contributed by atoms with Gasteiger partial charge in [-0.3, -0.25) is 9.69 Å². The highest BCUT2D eigenvalue weighted by molar-refractivity contribution is 8.01.